The molecule has 1 N–H and O–H groups in total. The largest absolute Gasteiger partial charge is 0.383 e. The van der Waals surface area contributed by atoms with Gasteiger partial charge in [0.2, 0.25) is 0 Å². The Morgan fingerprint density at radius 2 is 2.12 bits per heavy atom. The molecule has 2 heterocycles. The van der Waals surface area contributed by atoms with E-state index < -0.39 is 10.0 Å². The molecule has 0 aromatic carbocycles. The summed E-state index contributed by atoms with van der Waals surface area (Å²) in [5.41, 5.74) is 0.585. The van der Waals surface area contributed by atoms with Gasteiger partial charge in [-0.05, 0) is 31.9 Å². The highest BCUT2D eigenvalue weighted by Gasteiger charge is 2.30. The predicted octanol–water partition coefficient (Wildman–Crippen LogP) is 1.30. The fourth-order valence-electron chi connectivity index (χ4n) is 1.97. The molecule has 5 nitrogen and oxygen atoms in total. The quantitative estimate of drug-likeness (QED) is 0.881. The minimum atomic E-state index is -3.43. The van der Waals surface area contributed by atoms with Crippen molar-refractivity contribution < 1.29 is 8.42 Å². The number of aromatic nitrogens is 1. The second-order valence-corrected chi connectivity index (χ2v) is 5.85. The molecule has 0 saturated carbocycles. The van der Waals surface area contributed by atoms with Crippen LogP contribution in [0.25, 0.3) is 0 Å². The van der Waals surface area contributed by atoms with Crippen LogP contribution in [0.3, 0.4) is 0 Å². The van der Waals surface area contributed by atoms with Gasteiger partial charge in [-0.3, -0.25) is 0 Å². The van der Waals surface area contributed by atoms with Crippen molar-refractivity contribution >= 4 is 15.7 Å². The number of pyridine rings is 1. The number of anilines is 1. The predicted molar refractivity (Wildman–Crippen MR) is 66.4 cm³/mol. The van der Waals surface area contributed by atoms with Crippen molar-refractivity contribution in [2.24, 2.45) is 0 Å². The van der Waals surface area contributed by atoms with Crippen molar-refractivity contribution in [3.63, 3.8) is 0 Å². The standard InChI is InChI=1S/C11H17N3O2S/c1-2-12-10-6-5-7-13-11(10)17(15,16)14-8-3-4-9-14/h5-7,12H,2-4,8-9H2,1H3. The van der Waals surface area contributed by atoms with Crippen LogP contribution in [0.4, 0.5) is 5.69 Å². The number of hydrogen-bond donors (Lipinski definition) is 1. The van der Waals surface area contributed by atoms with Crippen LogP contribution >= 0.6 is 0 Å². The summed E-state index contributed by atoms with van der Waals surface area (Å²) in [6, 6.07) is 3.49. The lowest BCUT2D eigenvalue weighted by Crippen LogP contribution is -2.29. The first kappa shape index (κ1) is 12.3. The Morgan fingerprint density at radius 1 is 1.41 bits per heavy atom. The zero-order valence-electron chi connectivity index (χ0n) is 9.89. The van der Waals surface area contributed by atoms with E-state index in [4.69, 9.17) is 0 Å². The highest BCUT2D eigenvalue weighted by Crippen LogP contribution is 2.24. The number of rotatable bonds is 4. The number of hydrogen-bond acceptors (Lipinski definition) is 4. The summed E-state index contributed by atoms with van der Waals surface area (Å²) in [5, 5.41) is 3.18. The van der Waals surface area contributed by atoms with E-state index in [1.807, 2.05) is 6.92 Å². The average Bonchev–Trinajstić information content (AvgIpc) is 2.84. The normalized spacial score (nSPS) is 17.2. The van der Waals surface area contributed by atoms with Gasteiger partial charge in [0.1, 0.15) is 0 Å². The van der Waals surface area contributed by atoms with Crippen molar-refractivity contribution in [2.45, 2.75) is 24.8 Å². The fourth-order valence-corrected chi connectivity index (χ4v) is 3.57. The van der Waals surface area contributed by atoms with Crippen LogP contribution < -0.4 is 5.32 Å². The monoisotopic (exact) mass is 255 g/mol. The van der Waals surface area contributed by atoms with E-state index in [0.717, 1.165) is 12.8 Å². The number of sulfonamides is 1. The molecule has 0 bridgehead atoms. The van der Waals surface area contributed by atoms with Gasteiger partial charge in [-0.15, -0.1) is 0 Å². The van der Waals surface area contributed by atoms with E-state index in [1.54, 1.807) is 12.1 Å². The van der Waals surface area contributed by atoms with Gasteiger partial charge < -0.3 is 5.32 Å². The summed E-state index contributed by atoms with van der Waals surface area (Å²) in [7, 11) is -3.43. The SMILES string of the molecule is CCNc1cccnc1S(=O)(=O)N1CCCC1. The molecule has 1 aromatic rings. The Kier molecular flexibility index (Phi) is 3.63. The first-order valence-corrected chi connectivity index (χ1v) is 7.29. The maximum Gasteiger partial charge on any atom is 0.262 e. The first-order chi connectivity index (χ1) is 8.16. The number of nitrogens with zero attached hydrogens (tertiary/aromatic N) is 2. The van der Waals surface area contributed by atoms with Gasteiger partial charge in [0, 0.05) is 25.8 Å². The molecule has 1 saturated heterocycles. The molecule has 94 valence electrons. The van der Waals surface area contributed by atoms with Gasteiger partial charge in [-0.25, -0.2) is 13.4 Å². The van der Waals surface area contributed by atoms with E-state index >= 15 is 0 Å². The molecule has 1 aromatic heterocycles. The molecule has 0 aliphatic carbocycles. The third kappa shape index (κ3) is 2.42. The zero-order valence-corrected chi connectivity index (χ0v) is 10.7. The smallest absolute Gasteiger partial charge is 0.262 e. The van der Waals surface area contributed by atoms with E-state index in [9.17, 15) is 8.42 Å². The van der Waals surface area contributed by atoms with Crippen molar-refractivity contribution in [2.75, 3.05) is 25.0 Å². The first-order valence-electron chi connectivity index (χ1n) is 5.85. The third-order valence-corrected chi connectivity index (χ3v) is 4.65. The lowest BCUT2D eigenvalue weighted by atomic mass is 10.4. The zero-order chi connectivity index (χ0) is 12.3. The van der Waals surface area contributed by atoms with Crippen LogP contribution in [0.1, 0.15) is 19.8 Å². The van der Waals surface area contributed by atoms with Gasteiger partial charge in [-0.2, -0.15) is 4.31 Å². The van der Waals surface area contributed by atoms with Crippen LogP contribution in [-0.2, 0) is 10.0 Å². The number of nitrogens with one attached hydrogen (secondary N) is 1. The molecular formula is C11H17N3O2S. The molecule has 0 spiro atoms. The summed E-state index contributed by atoms with van der Waals surface area (Å²) in [6.45, 7) is 3.81. The van der Waals surface area contributed by atoms with Crippen LogP contribution in [-0.4, -0.2) is 37.3 Å². The van der Waals surface area contributed by atoms with E-state index in [1.165, 1.54) is 10.5 Å². The second kappa shape index (κ2) is 5.01. The van der Waals surface area contributed by atoms with Crippen molar-refractivity contribution in [1.29, 1.82) is 0 Å². The summed E-state index contributed by atoms with van der Waals surface area (Å²) in [4.78, 5) is 4.02. The van der Waals surface area contributed by atoms with Crippen LogP contribution in [0.15, 0.2) is 23.4 Å². The van der Waals surface area contributed by atoms with E-state index in [0.29, 0.717) is 25.3 Å². The van der Waals surface area contributed by atoms with Crippen LogP contribution in [0.2, 0.25) is 0 Å². The fraction of sp³-hybridized carbons (Fsp3) is 0.545. The molecule has 1 aliphatic heterocycles. The molecule has 0 atom stereocenters. The van der Waals surface area contributed by atoms with Gasteiger partial charge in [0.15, 0.2) is 5.03 Å². The minimum Gasteiger partial charge on any atom is -0.383 e. The molecule has 6 heteroatoms. The maximum atomic E-state index is 12.4. The molecule has 17 heavy (non-hydrogen) atoms. The van der Waals surface area contributed by atoms with Gasteiger partial charge >= 0.3 is 0 Å². The lowest BCUT2D eigenvalue weighted by molar-refractivity contribution is 0.475. The van der Waals surface area contributed by atoms with E-state index in [-0.39, 0.29) is 5.03 Å². The Balaban J connectivity index is 2.38. The lowest BCUT2D eigenvalue weighted by Gasteiger charge is -2.17. The van der Waals surface area contributed by atoms with Gasteiger partial charge in [0.05, 0.1) is 5.69 Å². The Labute approximate surface area is 102 Å². The third-order valence-electron chi connectivity index (χ3n) is 2.79. The molecule has 2 rings (SSSR count). The van der Waals surface area contributed by atoms with Crippen LogP contribution in [0.5, 0.6) is 0 Å². The highest BCUT2D eigenvalue weighted by atomic mass is 32.2. The summed E-state index contributed by atoms with van der Waals surface area (Å²) < 4.78 is 26.2. The van der Waals surface area contributed by atoms with E-state index in [2.05, 4.69) is 10.3 Å². The highest BCUT2D eigenvalue weighted by molar-refractivity contribution is 7.89. The minimum absolute atomic E-state index is 0.142. The second-order valence-electron chi connectivity index (χ2n) is 4.00. The summed E-state index contributed by atoms with van der Waals surface area (Å²) >= 11 is 0. The average molecular weight is 255 g/mol. The molecule has 0 unspecified atom stereocenters. The molecule has 1 aliphatic rings. The Bertz CT molecular complexity index is 481. The summed E-state index contributed by atoms with van der Waals surface area (Å²) in [6.07, 6.45) is 3.38. The van der Waals surface area contributed by atoms with Gasteiger partial charge in [0.25, 0.3) is 10.0 Å². The van der Waals surface area contributed by atoms with Gasteiger partial charge in [-0.1, -0.05) is 0 Å². The molecule has 1 fully saturated rings. The molecule has 0 radical (unpaired) electrons. The van der Waals surface area contributed by atoms with Crippen molar-refractivity contribution in [3.8, 4) is 0 Å². The summed E-state index contributed by atoms with van der Waals surface area (Å²) in [5.74, 6) is 0. The van der Waals surface area contributed by atoms with Crippen molar-refractivity contribution in [3.05, 3.63) is 18.3 Å². The molecular weight excluding hydrogens is 238 g/mol. The van der Waals surface area contributed by atoms with Crippen LogP contribution in [0, 0.1) is 0 Å². The Morgan fingerprint density at radius 3 is 2.76 bits per heavy atom. The Hall–Kier alpha value is -1.14. The molecule has 0 amide bonds. The maximum absolute atomic E-state index is 12.4. The topological polar surface area (TPSA) is 62.3 Å². The van der Waals surface area contributed by atoms with Crippen molar-refractivity contribution in [1.82, 2.24) is 9.29 Å².